The first kappa shape index (κ1) is 29.4. The molecule has 0 unspecified atom stereocenters. The van der Waals surface area contributed by atoms with Crippen molar-refractivity contribution in [3.63, 3.8) is 0 Å². The Bertz CT molecular complexity index is 1410. The van der Waals surface area contributed by atoms with E-state index in [4.69, 9.17) is 9.15 Å². The summed E-state index contributed by atoms with van der Waals surface area (Å²) in [5, 5.41) is 12.3. The number of ether oxygens (including phenoxy) is 1. The molecule has 0 saturated carbocycles. The van der Waals surface area contributed by atoms with Crippen molar-refractivity contribution in [1.29, 1.82) is 0 Å². The highest BCUT2D eigenvalue weighted by atomic mass is 32.2. The van der Waals surface area contributed by atoms with Crippen LogP contribution in [-0.2, 0) is 27.3 Å². The maximum absolute atomic E-state index is 13.0. The van der Waals surface area contributed by atoms with E-state index in [0.29, 0.717) is 28.5 Å². The van der Waals surface area contributed by atoms with Crippen LogP contribution in [0.3, 0.4) is 0 Å². The molecule has 0 aliphatic carbocycles. The van der Waals surface area contributed by atoms with E-state index in [1.165, 1.54) is 18.7 Å². The smallest absolute Gasteiger partial charge is 0.408 e. The molecule has 0 spiro atoms. The fraction of sp³-hybridized carbons (Fsp3) is 0.300. The number of amides is 2. The second-order valence-corrected chi connectivity index (χ2v) is 12.7. The van der Waals surface area contributed by atoms with E-state index >= 15 is 0 Å². The van der Waals surface area contributed by atoms with Gasteiger partial charge in [-0.15, -0.1) is 12.6 Å². The molecule has 1 aliphatic heterocycles. The Balaban J connectivity index is 1.43. The molecule has 0 radical (unpaired) electrons. The Labute approximate surface area is 243 Å². The Morgan fingerprint density at radius 3 is 2.35 bits per heavy atom. The third-order valence-electron chi connectivity index (χ3n) is 6.11. The van der Waals surface area contributed by atoms with Crippen molar-refractivity contribution in [3.05, 3.63) is 88.5 Å². The molecule has 40 heavy (non-hydrogen) atoms. The fourth-order valence-electron chi connectivity index (χ4n) is 4.11. The molecule has 1 fully saturated rings. The van der Waals surface area contributed by atoms with Crippen LogP contribution in [0.1, 0.15) is 44.6 Å². The molecule has 2 amide bonds. The molecular weight excluding hydrogens is 548 g/mol. The molecule has 1 saturated heterocycles. The number of nitrogens with one attached hydrogen (secondary N) is 1. The molecule has 1 aromatic heterocycles. The number of carbonyl (C=O) groups is 3. The number of furan rings is 1. The number of aliphatic carboxylic acids is 1. The monoisotopic (exact) mass is 580 g/mol. The summed E-state index contributed by atoms with van der Waals surface area (Å²) in [5.74, 6) is -0.129. The summed E-state index contributed by atoms with van der Waals surface area (Å²) in [4.78, 5) is 39.5. The molecule has 2 atom stereocenters. The Hall–Kier alpha value is -3.63. The van der Waals surface area contributed by atoms with Crippen molar-refractivity contribution in [3.8, 4) is 11.3 Å². The third kappa shape index (κ3) is 7.31. The van der Waals surface area contributed by atoms with E-state index in [-0.39, 0.29) is 17.0 Å². The highest BCUT2D eigenvalue weighted by Crippen LogP contribution is 2.39. The largest absolute Gasteiger partial charge is 0.480 e. The van der Waals surface area contributed by atoms with Gasteiger partial charge in [-0.05, 0) is 51.0 Å². The van der Waals surface area contributed by atoms with Gasteiger partial charge in [0.2, 0.25) is 0 Å². The number of thioether (sulfide) groups is 1. The Morgan fingerprint density at radius 1 is 1.05 bits per heavy atom. The Morgan fingerprint density at radius 2 is 1.73 bits per heavy atom. The zero-order valence-electron chi connectivity index (χ0n) is 22.7. The molecule has 1 aliphatic rings. The summed E-state index contributed by atoms with van der Waals surface area (Å²) in [6, 6.07) is 20.6. The minimum Gasteiger partial charge on any atom is -0.480 e. The van der Waals surface area contributed by atoms with Gasteiger partial charge in [-0.25, -0.2) is 9.59 Å². The summed E-state index contributed by atoms with van der Waals surface area (Å²) >= 11 is 5.95. The number of carboxylic acid groups (broad SMARTS) is 1. The molecular formula is C30H32N2O6S2. The van der Waals surface area contributed by atoms with Crippen molar-refractivity contribution in [2.75, 3.05) is 0 Å². The number of nitrogens with zero attached hydrogens (tertiary/aromatic N) is 1. The van der Waals surface area contributed by atoms with Gasteiger partial charge in [0.25, 0.3) is 5.91 Å². The van der Waals surface area contributed by atoms with E-state index in [1.807, 2.05) is 48.5 Å². The number of carbonyl (C=O) groups excluding carboxylic acids is 2. The maximum atomic E-state index is 13.0. The van der Waals surface area contributed by atoms with Crippen molar-refractivity contribution in [2.45, 2.75) is 56.5 Å². The summed E-state index contributed by atoms with van der Waals surface area (Å²) in [7, 11) is 0. The van der Waals surface area contributed by atoms with Crippen molar-refractivity contribution in [2.24, 2.45) is 0 Å². The van der Waals surface area contributed by atoms with Gasteiger partial charge < -0.3 is 24.5 Å². The average Bonchev–Trinajstić information content (AvgIpc) is 3.44. The van der Waals surface area contributed by atoms with E-state index in [2.05, 4.69) is 17.9 Å². The normalized spacial score (nSPS) is 18.0. The van der Waals surface area contributed by atoms with Gasteiger partial charge in [-0.1, -0.05) is 66.4 Å². The van der Waals surface area contributed by atoms with Crippen molar-refractivity contribution < 1.29 is 28.6 Å². The van der Waals surface area contributed by atoms with Crippen LogP contribution in [0.2, 0.25) is 0 Å². The van der Waals surface area contributed by atoms with Gasteiger partial charge in [-0.3, -0.25) is 4.79 Å². The zero-order chi connectivity index (χ0) is 29.1. The predicted octanol–water partition coefficient (Wildman–Crippen LogP) is 6.19. The van der Waals surface area contributed by atoms with Crippen molar-refractivity contribution in [1.82, 2.24) is 10.2 Å². The molecule has 10 heteroatoms. The topological polar surface area (TPSA) is 109 Å². The molecule has 8 nitrogen and oxygen atoms in total. The lowest BCUT2D eigenvalue weighted by Crippen LogP contribution is -2.54. The van der Waals surface area contributed by atoms with Crippen LogP contribution in [0.4, 0.5) is 4.79 Å². The van der Waals surface area contributed by atoms with Crippen LogP contribution >= 0.6 is 24.4 Å². The van der Waals surface area contributed by atoms with E-state index in [1.54, 1.807) is 49.9 Å². The summed E-state index contributed by atoms with van der Waals surface area (Å²) in [5.41, 5.74) is 0.227. The summed E-state index contributed by atoms with van der Waals surface area (Å²) in [6.45, 7) is 7.05. The lowest BCUT2D eigenvalue weighted by molar-refractivity contribution is -0.144. The van der Waals surface area contributed by atoms with Crippen molar-refractivity contribution >= 4 is 48.4 Å². The molecule has 2 N–H and O–H groups in total. The molecule has 4 rings (SSSR count). The minimum absolute atomic E-state index is 0.0566. The van der Waals surface area contributed by atoms with Gasteiger partial charge in [0, 0.05) is 24.6 Å². The standard InChI is InChI=1S/C30H32N2O6S2/c1-29(2,3)38-27(36)31-30(4,26(34)35)17-19-10-12-21(13-11-19)23-15-14-22(37-23)16-24-25(33)32(28(39)40-24)18-20-8-6-5-7-9-20/h5-16,28,39H,17-18H2,1-4H3,(H,31,36)(H,34,35)/b24-16-/t28-,30-/m0/s1. The SMILES string of the molecule is CC(C)(C)OC(=O)N[C@@](C)(Cc1ccc(-c2ccc(/C=C3\S[C@H](S)N(Cc4ccccc4)C3=O)o2)cc1)C(=O)O. The van der Waals surface area contributed by atoms with Gasteiger partial charge in [0.15, 0.2) is 0 Å². The second-order valence-electron chi connectivity index (χ2n) is 10.7. The first-order chi connectivity index (χ1) is 18.8. The summed E-state index contributed by atoms with van der Waals surface area (Å²) < 4.78 is 10.9. The number of thiol groups is 1. The average molecular weight is 581 g/mol. The van der Waals surface area contributed by atoms with Crippen LogP contribution in [0, 0.1) is 0 Å². The highest BCUT2D eigenvalue weighted by Gasteiger charge is 2.37. The maximum Gasteiger partial charge on any atom is 0.408 e. The van der Waals surface area contributed by atoms with E-state index in [9.17, 15) is 19.5 Å². The van der Waals surface area contributed by atoms with E-state index in [0.717, 1.165) is 11.1 Å². The number of rotatable bonds is 8. The lowest BCUT2D eigenvalue weighted by atomic mass is 9.92. The summed E-state index contributed by atoms with van der Waals surface area (Å²) in [6.07, 6.45) is 0.985. The van der Waals surface area contributed by atoms with Gasteiger partial charge in [0.05, 0.1) is 4.91 Å². The Kier molecular flexibility index (Phi) is 8.70. The number of hydrogen-bond donors (Lipinski definition) is 3. The van der Waals surface area contributed by atoms with Gasteiger partial charge >= 0.3 is 12.1 Å². The highest BCUT2D eigenvalue weighted by molar-refractivity contribution is 8.14. The molecule has 2 aromatic carbocycles. The number of hydrogen-bond acceptors (Lipinski definition) is 7. The first-order valence-corrected chi connectivity index (χ1v) is 14.1. The molecule has 3 aromatic rings. The van der Waals surface area contributed by atoms with E-state index < -0.39 is 23.2 Å². The number of alkyl carbamates (subject to hydrolysis) is 1. The zero-order valence-corrected chi connectivity index (χ0v) is 24.4. The van der Waals surface area contributed by atoms with Crippen LogP contribution in [0.5, 0.6) is 0 Å². The van der Waals surface area contributed by atoms with Crippen LogP contribution in [0.15, 0.2) is 76.1 Å². The van der Waals surface area contributed by atoms with Crippen LogP contribution in [0.25, 0.3) is 17.4 Å². The predicted molar refractivity (Wildman–Crippen MR) is 159 cm³/mol. The molecule has 2 heterocycles. The van der Waals surface area contributed by atoms with Gasteiger partial charge in [0.1, 0.15) is 27.4 Å². The van der Waals surface area contributed by atoms with Crippen LogP contribution in [-0.4, -0.2) is 43.8 Å². The number of carboxylic acids is 1. The third-order valence-corrected chi connectivity index (χ3v) is 7.72. The quantitative estimate of drug-likeness (QED) is 0.215. The number of benzene rings is 2. The molecule has 210 valence electrons. The fourth-order valence-corrected chi connectivity index (χ4v) is 5.56. The van der Waals surface area contributed by atoms with Gasteiger partial charge in [-0.2, -0.15) is 0 Å². The first-order valence-electron chi connectivity index (χ1n) is 12.7. The van der Waals surface area contributed by atoms with Crippen LogP contribution < -0.4 is 5.32 Å². The minimum atomic E-state index is -1.56. The second kappa shape index (κ2) is 11.9. The molecule has 0 bridgehead atoms. The lowest BCUT2D eigenvalue weighted by Gasteiger charge is -2.28.